The molecule has 0 aliphatic rings. The van der Waals surface area contributed by atoms with Crippen LogP contribution in [0.15, 0.2) is 12.5 Å². The zero-order valence-corrected chi connectivity index (χ0v) is 7.70. The van der Waals surface area contributed by atoms with E-state index in [-0.39, 0.29) is 6.10 Å². The van der Waals surface area contributed by atoms with Gasteiger partial charge in [-0.2, -0.15) is 0 Å². The largest absolute Gasteiger partial charge is 0.393 e. The zero-order chi connectivity index (χ0) is 8.97. The van der Waals surface area contributed by atoms with Gasteiger partial charge in [0, 0.05) is 18.4 Å². The van der Waals surface area contributed by atoms with Gasteiger partial charge < -0.3 is 9.67 Å². The summed E-state index contributed by atoms with van der Waals surface area (Å²) >= 11 is 0. The Kier molecular flexibility index (Phi) is 3.29. The number of hydrogen-bond acceptors (Lipinski definition) is 2. The molecule has 1 aromatic rings. The van der Waals surface area contributed by atoms with Gasteiger partial charge in [0.25, 0.3) is 0 Å². The van der Waals surface area contributed by atoms with E-state index in [1.165, 1.54) is 5.69 Å². The number of rotatable bonds is 4. The van der Waals surface area contributed by atoms with Crippen LogP contribution < -0.4 is 0 Å². The second-order valence-electron chi connectivity index (χ2n) is 3.06. The predicted octanol–water partition coefficient (Wildman–Crippen LogP) is 1.22. The standard InChI is InChI=1S/C9H16N2O/c1-3-11-7-10-6-9(11)5-4-8(2)12/h6-8,12H,3-5H2,1-2H3/t8-/m0/s1. The van der Waals surface area contributed by atoms with Gasteiger partial charge in [0.2, 0.25) is 0 Å². The second kappa shape index (κ2) is 4.26. The van der Waals surface area contributed by atoms with E-state index in [0.29, 0.717) is 0 Å². The van der Waals surface area contributed by atoms with Crippen molar-refractivity contribution in [2.24, 2.45) is 0 Å². The number of nitrogens with zero attached hydrogens (tertiary/aromatic N) is 2. The summed E-state index contributed by atoms with van der Waals surface area (Å²) in [6, 6.07) is 0. The van der Waals surface area contributed by atoms with Gasteiger partial charge >= 0.3 is 0 Å². The smallest absolute Gasteiger partial charge is 0.0948 e. The molecular formula is C9H16N2O. The Morgan fingerprint density at radius 1 is 1.67 bits per heavy atom. The van der Waals surface area contributed by atoms with Crippen molar-refractivity contribution in [1.29, 1.82) is 0 Å². The molecule has 1 aromatic heterocycles. The molecule has 3 nitrogen and oxygen atoms in total. The minimum Gasteiger partial charge on any atom is -0.393 e. The highest BCUT2D eigenvalue weighted by atomic mass is 16.3. The highest BCUT2D eigenvalue weighted by molar-refractivity contribution is 4.98. The lowest BCUT2D eigenvalue weighted by Crippen LogP contribution is -2.05. The normalized spacial score (nSPS) is 13.2. The van der Waals surface area contributed by atoms with E-state index in [1.54, 1.807) is 0 Å². The Morgan fingerprint density at radius 3 is 3.00 bits per heavy atom. The fourth-order valence-electron chi connectivity index (χ4n) is 1.20. The van der Waals surface area contributed by atoms with Crippen LogP contribution in [0.25, 0.3) is 0 Å². The van der Waals surface area contributed by atoms with Crippen molar-refractivity contribution in [3.63, 3.8) is 0 Å². The molecule has 0 amide bonds. The van der Waals surface area contributed by atoms with E-state index in [1.807, 2.05) is 19.4 Å². The topological polar surface area (TPSA) is 38.0 Å². The first-order chi connectivity index (χ1) is 5.74. The summed E-state index contributed by atoms with van der Waals surface area (Å²) in [6.45, 7) is 4.86. The molecular weight excluding hydrogens is 152 g/mol. The maximum Gasteiger partial charge on any atom is 0.0948 e. The zero-order valence-electron chi connectivity index (χ0n) is 7.70. The van der Waals surface area contributed by atoms with Crippen LogP contribution in [0.3, 0.4) is 0 Å². The van der Waals surface area contributed by atoms with Crippen molar-refractivity contribution < 1.29 is 5.11 Å². The molecule has 0 aliphatic carbocycles. The number of aliphatic hydroxyl groups excluding tert-OH is 1. The van der Waals surface area contributed by atoms with Crippen molar-refractivity contribution in [2.45, 2.75) is 39.3 Å². The molecule has 0 aliphatic heterocycles. The average molecular weight is 168 g/mol. The molecule has 0 saturated carbocycles. The maximum atomic E-state index is 9.09. The SMILES string of the molecule is CCn1cncc1CC[C@H](C)O. The Bertz CT molecular complexity index is 230. The van der Waals surface area contributed by atoms with E-state index in [2.05, 4.69) is 16.5 Å². The van der Waals surface area contributed by atoms with Gasteiger partial charge in [0.05, 0.1) is 12.4 Å². The molecule has 0 unspecified atom stereocenters. The Morgan fingerprint density at radius 2 is 2.42 bits per heavy atom. The molecule has 0 saturated heterocycles. The lowest BCUT2D eigenvalue weighted by Gasteiger charge is -2.05. The van der Waals surface area contributed by atoms with Crippen molar-refractivity contribution >= 4 is 0 Å². The van der Waals surface area contributed by atoms with Gasteiger partial charge in [-0.1, -0.05) is 0 Å². The van der Waals surface area contributed by atoms with Crippen LogP contribution >= 0.6 is 0 Å². The molecule has 0 bridgehead atoms. The fraction of sp³-hybridized carbons (Fsp3) is 0.667. The number of hydrogen-bond donors (Lipinski definition) is 1. The van der Waals surface area contributed by atoms with E-state index in [0.717, 1.165) is 19.4 Å². The van der Waals surface area contributed by atoms with Crippen molar-refractivity contribution in [1.82, 2.24) is 9.55 Å². The lowest BCUT2D eigenvalue weighted by molar-refractivity contribution is 0.184. The molecule has 68 valence electrons. The minimum atomic E-state index is -0.217. The van der Waals surface area contributed by atoms with Gasteiger partial charge in [0.1, 0.15) is 0 Å². The minimum absolute atomic E-state index is 0.217. The van der Waals surface area contributed by atoms with Gasteiger partial charge in [0.15, 0.2) is 0 Å². The van der Waals surface area contributed by atoms with Crippen LogP contribution in [-0.2, 0) is 13.0 Å². The summed E-state index contributed by atoms with van der Waals surface area (Å²) < 4.78 is 2.10. The van der Waals surface area contributed by atoms with E-state index in [4.69, 9.17) is 5.11 Å². The van der Waals surface area contributed by atoms with Crippen molar-refractivity contribution in [3.05, 3.63) is 18.2 Å². The van der Waals surface area contributed by atoms with Crippen molar-refractivity contribution in [3.8, 4) is 0 Å². The Balaban J connectivity index is 2.50. The number of aromatic nitrogens is 2. The molecule has 0 spiro atoms. The van der Waals surface area contributed by atoms with E-state index < -0.39 is 0 Å². The molecule has 1 N–H and O–H groups in total. The third kappa shape index (κ3) is 2.34. The third-order valence-electron chi connectivity index (χ3n) is 1.96. The van der Waals surface area contributed by atoms with Crippen LogP contribution in [-0.4, -0.2) is 20.8 Å². The first kappa shape index (κ1) is 9.26. The third-order valence-corrected chi connectivity index (χ3v) is 1.96. The van der Waals surface area contributed by atoms with E-state index in [9.17, 15) is 0 Å². The Labute approximate surface area is 73.1 Å². The number of aliphatic hydroxyl groups is 1. The summed E-state index contributed by atoms with van der Waals surface area (Å²) in [6.07, 6.45) is 5.20. The summed E-state index contributed by atoms with van der Waals surface area (Å²) in [5.41, 5.74) is 1.21. The summed E-state index contributed by atoms with van der Waals surface area (Å²) in [5.74, 6) is 0. The monoisotopic (exact) mass is 168 g/mol. The van der Waals surface area contributed by atoms with Gasteiger partial charge in [-0.25, -0.2) is 4.98 Å². The molecule has 0 radical (unpaired) electrons. The van der Waals surface area contributed by atoms with Crippen LogP contribution in [0.4, 0.5) is 0 Å². The Hall–Kier alpha value is -0.830. The molecule has 1 rings (SSSR count). The lowest BCUT2D eigenvalue weighted by atomic mass is 10.2. The van der Waals surface area contributed by atoms with Crippen molar-refractivity contribution in [2.75, 3.05) is 0 Å². The van der Waals surface area contributed by atoms with E-state index >= 15 is 0 Å². The average Bonchev–Trinajstić information content (AvgIpc) is 2.47. The molecule has 12 heavy (non-hydrogen) atoms. The summed E-state index contributed by atoms with van der Waals surface area (Å²) in [4.78, 5) is 4.05. The fourth-order valence-corrected chi connectivity index (χ4v) is 1.20. The second-order valence-corrected chi connectivity index (χ2v) is 3.06. The number of aryl methyl sites for hydroxylation is 2. The van der Waals surface area contributed by atoms with Gasteiger partial charge in [-0.05, 0) is 26.7 Å². The predicted molar refractivity (Wildman–Crippen MR) is 47.9 cm³/mol. The molecule has 3 heteroatoms. The van der Waals surface area contributed by atoms with Gasteiger partial charge in [-0.15, -0.1) is 0 Å². The first-order valence-corrected chi connectivity index (χ1v) is 4.41. The first-order valence-electron chi connectivity index (χ1n) is 4.41. The number of imidazole rings is 1. The molecule has 1 atom stereocenters. The molecule has 1 heterocycles. The van der Waals surface area contributed by atoms with Crippen LogP contribution in [0.2, 0.25) is 0 Å². The maximum absolute atomic E-state index is 9.09. The van der Waals surface area contributed by atoms with Crippen LogP contribution in [0.1, 0.15) is 26.0 Å². The molecule has 0 aromatic carbocycles. The van der Waals surface area contributed by atoms with Crippen LogP contribution in [0.5, 0.6) is 0 Å². The van der Waals surface area contributed by atoms with Gasteiger partial charge in [-0.3, -0.25) is 0 Å². The molecule has 0 fully saturated rings. The quantitative estimate of drug-likeness (QED) is 0.734. The summed E-state index contributed by atoms with van der Waals surface area (Å²) in [7, 11) is 0. The highest BCUT2D eigenvalue weighted by Crippen LogP contribution is 2.04. The summed E-state index contributed by atoms with van der Waals surface area (Å²) in [5, 5.41) is 9.09. The highest BCUT2D eigenvalue weighted by Gasteiger charge is 2.01. The van der Waals surface area contributed by atoms with Crippen LogP contribution in [0, 0.1) is 0 Å².